The molecular weight excluding hydrogens is 258 g/mol. The fourth-order valence-corrected chi connectivity index (χ4v) is 4.92. The second kappa shape index (κ2) is 4.19. The van der Waals surface area contributed by atoms with Gasteiger partial charge in [-0.2, -0.15) is 0 Å². The molecule has 0 spiro atoms. The number of aromatic nitrogens is 2. The lowest BCUT2D eigenvalue weighted by Gasteiger charge is -2.43. The summed E-state index contributed by atoms with van der Waals surface area (Å²) in [6.07, 6.45) is 5.74. The minimum Gasteiger partial charge on any atom is -0.366 e. The minimum atomic E-state index is 0.332. The maximum Gasteiger partial charge on any atom is 0.137 e. The number of nitrogens with one attached hydrogen (secondary N) is 1. The maximum absolute atomic E-state index is 4.53. The highest BCUT2D eigenvalue weighted by Crippen LogP contribution is 2.63. The summed E-state index contributed by atoms with van der Waals surface area (Å²) in [5.41, 5.74) is 1.75. The predicted octanol–water partition coefficient (Wildman–Crippen LogP) is 4.26. The van der Waals surface area contributed by atoms with Crippen LogP contribution in [-0.2, 0) is 0 Å². The molecule has 1 aromatic carbocycles. The first-order chi connectivity index (χ1) is 10.0. The van der Waals surface area contributed by atoms with E-state index in [-0.39, 0.29) is 0 Å². The Balaban J connectivity index is 1.75. The molecule has 3 unspecified atom stereocenters. The van der Waals surface area contributed by atoms with Crippen LogP contribution < -0.4 is 5.32 Å². The predicted molar refractivity (Wildman–Crippen MR) is 86.2 cm³/mol. The molecule has 2 saturated carbocycles. The molecule has 0 amide bonds. The molecule has 2 fully saturated rings. The molecule has 2 aromatic rings. The number of nitrogens with zero attached hydrogens (tertiary/aromatic N) is 2. The van der Waals surface area contributed by atoms with Crippen molar-refractivity contribution >= 4 is 16.7 Å². The van der Waals surface area contributed by atoms with Crippen molar-refractivity contribution in [3.05, 3.63) is 30.6 Å². The zero-order valence-electron chi connectivity index (χ0n) is 13.1. The first kappa shape index (κ1) is 13.1. The first-order valence-electron chi connectivity index (χ1n) is 7.97. The van der Waals surface area contributed by atoms with E-state index in [4.69, 9.17) is 0 Å². The summed E-state index contributed by atoms with van der Waals surface area (Å²) in [5.74, 6) is 1.83. The summed E-state index contributed by atoms with van der Waals surface area (Å²) in [4.78, 5) is 8.90. The summed E-state index contributed by atoms with van der Waals surface area (Å²) in [5, 5.41) is 4.92. The molecule has 1 aromatic heterocycles. The Labute approximate surface area is 126 Å². The maximum atomic E-state index is 4.53. The van der Waals surface area contributed by atoms with Gasteiger partial charge in [-0.05, 0) is 48.1 Å². The van der Waals surface area contributed by atoms with Gasteiger partial charge in [0.05, 0.1) is 5.52 Å². The van der Waals surface area contributed by atoms with Gasteiger partial charge in [-0.1, -0.05) is 32.9 Å². The van der Waals surface area contributed by atoms with Crippen molar-refractivity contribution < 1.29 is 0 Å². The lowest BCUT2D eigenvalue weighted by Crippen LogP contribution is -2.46. The van der Waals surface area contributed by atoms with E-state index in [1.165, 1.54) is 19.3 Å². The van der Waals surface area contributed by atoms with Gasteiger partial charge in [-0.15, -0.1) is 0 Å². The fraction of sp³-hybridized carbons (Fsp3) is 0.556. The molecule has 21 heavy (non-hydrogen) atoms. The molecule has 1 N–H and O–H groups in total. The quantitative estimate of drug-likeness (QED) is 0.894. The average molecular weight is 281 g/mol. The number of fused-ring (bicyclic) bond motifs is 3. The Hall–Kier alpha value is -1.64. The van der Waals surface area contributed by atoms with Gasteiger partial charge in [0.2, 0.25) is 0 Å². The minimum absolute atomic E-state index is 0.332. The van der Waals surface area contributed by atoms with Crippen LogP contribution in [0.15, 0.2) is 30.6 Å². The monoisotopic (exact) mass is 281 g/mol. The van der Waals surface area contributed by atoms with Crippen LogP contribution >= 0.6 is 0 Å². The van der Waals surface area contributed by atoms with E-state index in [0.717, 1.165) is 22.6 Å². The summed E-state index contributed by atoms with van der Waals surface area (Å²) >= 11 is 0. The third kappa shape index (κ3) is 1.79. The molecule has 0 aliphatic heterocycles. The van der Waals surface area contributed by atoms with Gasteiger partial charge in [-0.3, -0.25) is 0 Å². The van der Waals surface area contributed by atoms with Crippen molar-refractivity contribution in [3.63, 3.8) is 0 Å². The molecule has 2 aliphatic carbocycles. The Morgan fingerprint density at radius 3 is 2.71 bits per heavy atom. The number of para-hydroxylation sites is 1. The van der Waals surface area contributed by atoms with Crippen molar-refractivity contribution in [2.45, 2.75) is 46.1 Å². The molecule has 3 atom stereocenters. The number of rotatable bonds is 2. The van der Waals surface area contributed by atoms with Gasteiger partial charge in [0.1, 0.15) is 12.1 Å². The summed E-state index contributed by atoms with van der Waals surface area (Å²) < 4.78 is 0. The largest absolute Gasteiger partial charge is 0.366 e. The topological polar surface area (TPSA) is 37.8 Å². The van der Waals surface area contributed by atoms with E-state index in [1.807, 2.05) is 6.07 Å². The summed E-state index contributed by atoms with van der Waals surface area (Å²) in [6, 6.07) is 8.74. The normalized spacial score (nSPS) is 33.5. The zero-order chi connectivity index (χ0) is 14.7. The van der Waals surface area contributed by atoms with Crippen LogP contribution in [0, 0.1) is 16.7 Å². The third-order valence-electron chi connectivity index (χ3n) is 6.09. The average Bonchev–Trinajstić information content (AvgIpc) is 2.95. The van der Waals surface area contributed by atoms with Crippen LogP contribution in [0.4, 0.5) is 5.82 Å². The molecule has 2 bridgehead atoms. The van der Waals surface area contributed by atoms with Crippen molar-refractivity contribution in [1.82, 2.24) is 9.97 Å². The second-order valence-corrected chi connectivity index (χ2v) is 7.73. The van der Waals surface area contributed by atoms with Crippen LogP contribution in [-0.4, -0.2) is 16.0 Å². The summed E-state index contributed by atoms with van der Waals surface area (Å²) in [7, 11) is 0. The van der Waals surface area contributed by atoms with Crippen LogP contribution in [0.25, 0.3) is 10.9 Å². The van der Waals surface area contributed by atoms with Crippen LogP contribution in [0.3, 0.4) is 0 Å². The number of benzene rings is 1. The van der Waals surface area contributed by atoms with E-state index in [1.54, 1.807) is 6.33 Å². The molecule has 0 saturated heterocycles. The lowest BCUT2D eigenvalue weighted by molar-refractivity contribution is 0.155. The highest BCUT2D eigenvalue weighted by Gasteiger charge is 2.59. The van der Waals surface area contributed by atoms with Crippen LogP contribution in [0.5, 0.6) is 0 Å². The van der Waals surface area contributed by atoms with E-state index < -0.39 is 0 Å². The van der Waals surface area contributed by atoms with Crippen molar-refractivity contribution in [3.8, 4) is 0 Å². The van der Waals surface area contributed by atoms with Crippen molar-refractivity contribution in [2.75, 3.05) is 5.32 Å². The smallest absolute Gasteiger partial charge is 0.137 e. The molecule has 110 valence electrons. The second-order valence-electron chi connectivity index (χ2n) is 7.73. The van der Waals surface area contributed by atoms with Crippen LogP contribution in [0.1, 0.15) is 40.0 Å². The van der Waals surface area contributed by atoms with Gasteiger partial charge < -0.3 is 5.32 Å². The highest BCUT2D eigenvalue weighted by atomic mass is 15.1. The van der Waals surface area contributed by atoms with E-state index in [9.17, 15) is 0 Å². The molecule has 3 heteroatoms. The number of hydrogen-bond donors (Lipinski definition) is 1. The number of hydrogen-bond acceptors (Lipinski definition) is 3. The van der Waals surface area contributed by atoms with E-state index in [2.05, 4.69) is 54.3 Å². The highest BCUT2D eigenvalue weighted by molar-refractivity contribution is 5.88. The van der Waals surface area contributed by atoms with Crippen molar-refractivity contribution in [2.24, 2.45) is 16.7 Å². The Kier molecular flexibility index (Phi) is 2.60. The Morgan fingerprint density at radius 1 is 1.14 bits per heavy atom. The van der Waals surface area contributed by atoms with E-state index >= 15 is 0 Å². The van der Waals surface area contributed by atoms with Gasteiger partial charge in [0.15, 0.2) is 0 Å². The van der Waals surface area contributed by atoms with E-state index in [0.29, 0.717) is 16.9 Å². The number of anilines is 1. The van der Waals surface area contributed by atoms with Gasteiger partial charge in [0.25, 0.3) is 0 Å². The van der Waals surface area contributed by atoms with Crippen LogP contribution in [0.2, 0.25) is 0 Å². The van der Waals surface area contributed by atoms with Gasteiger partial charge in [-0.25, -0.2) is 9.97 Å². The van der Waals surface area contributed by atoms with Crippen molar-refractivity contribution in [1.29, 1.82) is 0 Å². The molecular formula is C18H23N3. The summed E-state index contributed by atoms with van der Waals surface area (Å²) in [6.45, 7) is 7.29. The lowest BCUT2D eigenvalue weighted by atomic mass is 9.68. The SMILES string of the molecule is CC12CCC(C1)C(C)(C)C2Nc1ncnc2ccccc12. The Morgan fingerprint density at radius 2 is 1.95 bits per heavy atom. The Bertz CT molecular complexity index is 684. The molecule has 1 heterocycles. The van der Waals surface area contributed by atoms with Gasteiger partial charge >= 0.3 is 0 Å². The fourth-order valence-electron chi connectivity index (χ4n) is 4.92. The standard InChI is InChI=1S/C18H23N3/c1-17(2)12-8-9-18(3,10-12)16(17)21-15-13-6-4-5-7-14(13)19-11-20-15/h4-7,11-12,16H,8-10H2,1-3H3,(H,19,20,21). The zero-order valence-corrected chi connectivity index (χ0v) is 13.1. The van der Waals surface area contributed by atoms with Gasteiger partial charge in [0, 0.05) is 11.4 Å². The molecule has 2 aliphatic rings. The molecule has 0 radical (unpaired) electrons. The molecule has 3 nitrogen and oxygen atoms in total. The first-order valence-corrected chi connectivity index (χ1v) is 7.97. The molecule has 4 rings (SSSR count). The third-order valence-corrected chi connectivity index (χ3v) is 6.09.